The number of ether oxygens (including phenoxy) is 1. The van der Waals surface area contributed by atoms with Crippen molar-refractivity contribution < 1.29 is 9.53 Å². The Morgan fingerprint density at radius 1 is 1.23 bits per heavy atom. The number of rotatable bonds is 4. The first-order chi connectivity index (χ1) is 12.7. The molecule has 1 saturated heterocycles. The van der Waals surface area contributed by atoms with Crippen LogP contribution in [0.4, 0.5) is 0 Å². The number of hydrogen-bond acceptors (Lipinski definition) is 5. The van der Waals surface area contributed by atoms with Crippen molar-refractivity contribution in [2.45, 2.75) is 25.8 Å². The topological polar surface area (TPSA) is 86.2 Å². The molecule has 1 aliphatic rings. The van der Waals surface area contributed by atoms with E-state index in [0.717, 1.165) is 25.9 Å². The van der Waals surface area contributed by atoms with Gasteiger partial charge in [-0.15, -0.1) is 0 Å². The van der Waals surface area contributed by atoms with Crippen LogP contribution in [0.15, 0.2) is 35.1 Å². The normalized spacial score (nSPS) is 14.6. The number of nitriles is 1. The Morgan fingerprint density at radius 3 is 2.54 bits per heavy atom. The number of nitrogens with zero attached hydrogens (tertiary/aromatic N) is 2. The van der Waals surface area contributed by atoms with E-state index in [1.165, 1.54) is 13.5 Å². The molecule has 1 fully saturated rings. The summed E-state index contributed by atoms with van der Waals surface area (Å²) in [5.74, 6) is -0.552. The predicted octanol–water partition coefficient (Wildman–Crippen LogP) is 2.69. The van der Waals surface area contributed by atoms with Gasteiger partial charge in [-0.05, 0) is 31.5 Å². The molecule has 2 heterocycles. The summed E-state index contributed by atoms with van der Waals surface area (Å²) in [5, 5.41) is 9.52. The summed E-state index contributed by atoms with van der Waals surface area (Å²) in [7, 11) is 1.30. The Morgan fingerprint density at radius 2 is 1.92 bits per heavy atom. The van der Waals surface area contributed by atoms with Crippen molar-refractivity contribution in [2.24, 2.45) is 0 Å². The predicted molar refractivity (Wildman–Crippen MR) is 97.7 cm³/mol. The van der Waals surface area contributed by atoms with Gasteiger partial charge in [0.2, 0.25) is 0 Å². The summed E-state index contributed by atoms with van der Waals surface area (Å²) >= 11 is 0. The van der Waals surface area contributed by atoms with E-state index in [1.807, 2.05) is 24.3 Å². The number of aromatic amines is 1. The second-order valence-corrected chi connectivity index (χ2v) is 6.36. The Kier molecular flexibility index (Phi) is 5.49. The van der Waals surface area contributed by atoms with E-state index >= 15 is 0 Å². The van der Waals surface area contributed by atoms with E-state index in [2.05, 4.69) is 9.88 Å². The molecule has 2 aromatic rings. The highest BCUT2D eigenvalue weighted by molar-refractivity contribution is 5.99. The fourth-order valence-electron chi connectivity index (χ4n) is 3.44. The van der Waals surface area contributed by atoms with Crippen molar-refractivity contribution in [3.8, 4) is 17.2 Å². The molecule has 1 aromatic heterocycles. The zero-order valence-electron chi connectivity index (χ0n) is 14.7. The minimum atomic E-state index is -0.552. The standard InChI is InChI=1S/C20H21N3O3/c1-26-20(25)18-16(13-23-10-6-3-7-11-23)22-19(24)15(12-21)17(18)14-8-4-2-5-9-14/h2,4-5,8-9H,3,6-7,10-11,13H2,1H3,(H,22,24). The molecule has 1 aliphatic heterocycles. The molecule has 3 rings (SSSR count). The number of benzene rings is 1. The van der Waals surface area contributed by atoms with Gasteiger partial charge in [-0.1, -0.05) is 36.8 Å². The van der Waals surface area contributed by atoms with Gasteiger partial charge >= 0.3 is 5.97 Å². The highest BCUT2D eigenvalue weighted by Gasteiger charge is 2.26. The van der Waals surface area contributed by atoms with E-state index in [4.69, 9.17) is 4.74 Å². The van der Waals surface area contributed by atoms with Gasteiger partial charge in [0.1, 0.15) is 11.6 Å². The number of hydrogen-bond donors (Lipinski definition) is 1. The lowest BCUT2D eigenvalue weighted by Crippen LogP contribution is -2.32. The van der Waals surface area contributed by atoms with Gasteiger partial charge in [0.15, 0.2) is 0 Å². The Balaban J connectivity index is 2.21. The molecule has 0 spiro atoms. The minimum Gasteiger partial charge on any atom is -0.465 e. The molecule has 0 amide bonds. The number of carbonyl (C=O) groups is 1. The van der Waals surface area contributed by atoms with E-state index in [9.17, 15) is 14.9 Å². The first kappa shape index (κ1) is 17.9. The maximum atomic E-state index is 12.6. The average Bonchev–Trinajstić information content (AvgIpc) is 2.68. The van der Waals surface area contributed by atoms with Crippen LogP contribution in [0.3, 0.4) is 0 Å². The van der Waals surface area contributed by atoms with E-state index < -0.39 is 11.5 Å². The number of piperidine rings is 1. The van der Waals surface area contributed by atoms with Gasteiger partial charge in [0, 0.05) is 17.8 Å². The number of likely N-dealkylation sites (tertiary alicyclic amines) is 1. The molecular formula is C20H21N3O3. The van der Waals surface area contributed by atoms with E-state index in [1.54, 1.807) is 12.1 Å². The molecule has 6 heteroatoms. The maximum absolute atomic E-state index is 12.6. The quantitative estimate of drug-likeness (QED) is 0.856. The van der Waals surface area contributed by atoms with Crippen LogP contribution in [-0.2, 0) is 11.3 Å². The number of H-pyrrole nitrogens is 1. The summed E-state index contributed by atoms with van der Waals surface area (Å²) in [4.78, 5) is 30.1. The maximum Gasteiger partial charge on any atom is 0.340 e. The molecule has 26 heavy (non-hydrogen) atoms. The first-order valence-corrected chi connectivity index (χ1v) is 8.71. The smallest absolute Gasteiger partial charge is 0.340 e. The van der Waals surface area contributed by atoms with Crippen LogP contribution in [0.2, 0.25) is 0 Å². The number of carbonyl (C=O) groups excluding carboxylic acids is 1. The lowest BCUT2D eigenvalue weighted by Gasteiger charge is -2.27. The number of nitrogens with one attached hydrogen (secondary N) is 1. The third-order valence-electron chi connectivity index (χ3n) is 4.69. The highest BCUT2D eigenvalue weighted by atomic mass is 16.5. The zero-order valence-corrected chi connectivity index (χ0v) is 14.7. The van der Waals surface area contributed by atoms with Crippen LogP contribution in [0.5, 0.6) is 0 Å². The second kappa shape index (κ2) is 7.98. The van der Waals surface area contributed by atoms with Crippen LogP contribution in [-0.4, -0.2) is 36.1 Å². The largest absolute Gasteiger partial charge is 0.465 e. The molecule has 0 radical (unpaired) electrons. The van der Waals surface area contributed by atoms with Crippen molar-refractivity contribution >= 4 is 5.97 Å². The van der Waals surface area contributed by atoms with Crippen LogP contribution in [0.25, 0.3) is 11.1 Å². The average molecular weight is 351 g/mol. The Hall–Kier alpha value is -2.91. The first-order valence-electron chi connectivity index (χ1n) is 8.71. The number of methoxy groups -OCH3 is 1. The Bertz CT molecular complexity index is 891. The highest BCUT2D eigenvalue weighted by Crippen LogP contribution is 2.29. The lowest BCUT2D eigenvalue weighted by molar-refractivity contribution is 0.0598. The summed E-state index contributed by atoms with van der Waals surface area (Å²) in [6.45, 7) is 2.29. The summed E-state index contributed by atoms with van der Waals surface area (Å²) in [6, 6.07) is 11.0. The lowest BCUT2D eigenvalue weighted by atomic mass is 9.94. The summed E-state index contributed by atoms with van der Waals surface area (Å²) in [6.07, 6.45) is 3.39. The minimum absolute atomic E-state index is 0.0704. The Labute approximate surface area is 152 Å². The summed E-state index contributed by atoms with van der Waals surface area (Å²) in [5.41, 5.74) is 1.21. The molecule has 134 valence electrons. The molecule has 1 aromatic carbocycles. The molecular weight excluding hydrogens is 330 g/mol. The van der Waals surface area contributed by atoms with Gasteiger partial charge in [-0.25, -0.2) is 4.79 Å². The number of aromatic nitrogens is 1. The van der Waals surface area contributed by atoms with Crippen LogP contribution in [0, 0.1) is 11.3 Å². The third-order valence-corrected chi connectivity index (χ3v) is 4.69. The zero-order chi connectivity index (χ0) is 18.5. The van der Waals surface area contributed by atoms with Crippen LogP contribution < -0.4 is 5.56 Å². The second-order valence-electron chi connectivity index (χ2n) is 6.36. The SMILES string of the molecule is COC(=O)c1c(CN2CCCCC2)[nH]c(=O)c(C#N)c1-c1ccccc1. The monoisotopic (exact) mass is 351 g/mol. The summed E-state index contributed by atoms with van der Waals surface area (Å²) < 4.78 is 4.98. The molecule has 0 atom stereocenters. The number of esters is 1. The van der Waals surface area contributed by atoms with Crippen LogP contribution in [0.1, 0.15) is 40.9 Å². The molecule has 0 aliphatic carbocycles. The third kappa shape index (κ3) is 3.53. The van der Waals surface area contributed by atoms with Crippen molar-refractivity contribution in [1.29, 1.82) is 5.26 Å². The van der Waals surface area contributed by atoms with Crippen molar-refractivity contribution in [3.63, 3.8) is 0 Å². The van der Waals surface area contributed by atoms with Crippen molar-refractivity contribution in [3.05, 3.63) is 57.5 Å². The molecule has 0 unspecified atom stereocenters. The fraction of sp³-hybridized carbons (Fsp3) is 0.350. The molecule has 0 bridgehead atoms. The van der Waals surface area contributed by atoms with Crippen molar-refractivity contribution in [2.75, 3.05) is 20.2 Å². The van der Waals surface area contributed by atoms with E-state index in [-0.39, 0.29) is 11.1 Å². The van der Waals surface area contributed by atoms with Gasteiger partial charge in [-0.3, -0.25) is 9.69 Å². The van der Waals surface area contributed by atoms with Crippen LogP contribution >= 0.6 is 0 Å². The fourth-order valence-corrected chi connectivity index (χ4v) is 3.44. The van der Waals surface area contributed by atoms with Gasteiger partial charge in [0.25, 0.3) is 5.56 Å². The number of pyridine rings is 1. The molecule has 0 saturated carbocycles. The van der Waals surface area contributed by atoms with Crippen molar-refractivity contribution in [1.82, 2.24) is 9.88 Å². The van der Waals surface area contributed by atoms with E-state index in [0.29, 0.717) is 23.4 Å². The molecule has 6 nitrogen and oxygen atoms in total. The molecule has 1 N–H and O–H groups in total. The van der Waals surface area contributed by atoms with Gasteiger partial charge < -0.3 is 9.72 Å². The van der Waals surface area contributed by atoms with Gasteiger partial charge in [0.05, 0.1) is 12.7 Å². The van der Waals surface area contributed by atoms with Gasteiger partial charge in [-0.2, -0.15) is 5.26 Å².